The van der Waals surface area contributed by atoms with E-state index in [4.69, 9.17) is 5.26 Å². The Morgan fingerprint density at radius 1 is 1.43 bits per heavy atom. The van der Waals surface area contributed by atoms with Crippen LogP contribution in [-0.4, -0.2) is 10.2 Å². The number of nitrogens with one attached hydrogen (secondary N) is 1. The van der Waals surface area contributed by atoms with Gasteiger partial charge in [-0.1, -0.05) is 12.1 Å². The van der Waals surface area contributed by atoms with Gasteiger partial charge in [-0.25, -0.2) is 0 Å². The van der Waals surface area contributed by atoms with E-state index in [0.29, 0.717) is 5.56 Å². The number of aryl methyl sites for hydroxylation is 1. The van der Waals surface area contributed by atoms with Crippen LogP contribution in [0, 0.1) is 18.3 Å². The zero-order valence-electron chi connectivity index (χ0n) is 7.78. The molecule has 2 rings (SSSR count). The number of rotatable bonds is 1. The van der Waals surface area contributed by atoms with E-state index in [1.165, 1.54) is 0 Å². The molecule has 14 heavy (non-hydrogen) atoms. The fraction of sp³-hybridized carbons (Fsp3) is 0.0909. The van der Waals surface area contributed by atoms with E-state index in [1.807, 2.05) is 25.1 Å². The van der Waals surface area contributed by atoms with E-state index >= 15 is 0 Å². The Hall–Kier alpha value is -2.08. The Balaban J connectivity index is 2.69. The zero-order valence-corrected chi connectivity index (χ0v) is 7.78. The number of nitriles is 1. The van der Waals surface area contributed by atoms with Gasteiger partial charge in [0.15, 0.2) is 0 Å². The van der Waals surface area contributed by atoms with Crippen LogP contribution in [0.2, 0.25) is 0 Å². The Bertz CT molecular complexity index is 478. The second-order valence-corrected chi connectivity index (χ2v) is 3.10. The highest BCUT2D eigenvalue weighted by molar-refractivity contribution is 5.72. The van der Waals surface area contributed by atoms with Crippen molar-refractivity contribution in [2.75, 3.05) is 0 Å². The molecule has 1 N–H and O–H groups in total. The van der Waals surface area contributed by atoms with E-state index < -0.39 is 0 Å². The summed E-state index contributed by atoms with van der Waals surface area (Å²) in [4.78, 5) is 0. The van der Waals surface area contributed by atoms with Crippen molar-refractivity contribution in [2.24, 2.45) is 0 Å². The van der Waals surface area contributed by atoms with E-state index in [1.54, 1.807) is 12.4 Å². The molecule has 1 aromatic heterocycles. The molecule has 0 amide bonds. The van der Waals surface area contributed by atoms with Gasteiger partial charge in [-0.2, -0.15) is 10.4 Å². The third-order valence-corrected chi connectivity index (χ3v) is 2.18. The topological polar surface area (TPSA) is 52.5 Å². The van der Waals surface area contributed by atoms with Gasteiger partial charge >= 0.3 is 0 Å². The lowest BCUT2D eigenvalue weighted by Gasteiger charge is -2.04. The summed E-state index contributed by atoms with van der Waals surface area (Å²) in [6, 6.07) is 7.87. The molecule has 0 atom stereocenters. The van der Waals surface area contributed by atoms with Crippen LogP contribution < -0.4 is 0 Å². The van der Waals surface area contributed by atoms with Crippen LogP contribution in [0.25, 0.3) is 11.1 Å². The zero-order chi connectivity index (χ0) is 9.97. The van der Waals surface area contributed by atoms with E-state index in [0.717, 1.165) is 16.7 Å². The Morgan fingerprint density at radius 3 is 2.93 bits per heavy atom. The normalized spacial score (nSPS) is 9.71. The Kier molecular flexibility index (Phi) is 2.04. The number of H-pyrrole nitrogens is 1. The lowest BCUT2D eigenvalue weighted by atomic mass is 9.98. The van der Waals surface area contributed by atoms with Gasteiger partial charge in [-0.3, -0.25) is 5.10 Å². The molecule has 1 aromatic carbocycles. The first-order valence-electron chi connectivity index (χ1n) is 4.32. The largest absolute Gasteiger partial charge is 0.285 e. The monoisotopic (exact) mass is 183 g/mol. The smallest absolute Gasteiger partial charge is 0.0998 e. The molecule has 0 aliphatic carbocycles. The molecule has 0 saturated heterocycles. The third-order valence-electron chi connectivity index (χ3n) is 2.18. The first-order chi connectivity index (χ1) is 6.83. The highest BCUT2D eigenvalue weighted by Crippen LogP contribution is 2.25. The predicted molar refractivity (Wildman–Crippen MR) is 53.5 cm³/mol. The summed E-state index contributed by atoms with van der Waals surface area (Å²) in [5.41, 5.74) is 3.69. The molecular formula is C11H9N3. The van der Waals surface area contributed by atoms with Crippen LogP contribution >= 0.6 is 0 Å². The summed E-state index contributed by atoms with van der Waals surface area (Å²) in [5, 5.41) is 15.6. The van der Waals surface area contributed by atoms with Crippen molar-refractivity contribution in [3.8, 4) is 17.2 Å². The number of aromatic amines is 1. The van der Waals surface area contributed by atoms with Gasteiger partial charge in [0.1, 0.15) is 0 Å². The first kappa shape index (κ1) is 8.52. The molecule has 0 fully saturated rings. The summed E-state index contributed by atoms with van der Waals surface area (Å²) in [6.07, 6.45) is 3.52. The average Bonchev–Trinajstić information content (AvgIpc) is 2.70. The molecule has 0 spiro atoms. The molecule has 1 heterocycles. The van der Waals surface area contributed by atoms with Crippen molar-refractivity contribution in [3.05, 3.63) is 41.7 Å². The molecule has 0 bridgehead atoms. The molecule has 0 unspecified atom stereocenters. The Labute approximate surface area is 82.0 Å². The lowest BCUT2D eigenvalue weighted by molar-refractivity contribution is 1.09. The predicted octanol–water partition coefficient (Wildman–Crippen LogP) is 2.26. The summed E-state index contributed by atoms with van der Waals surface area (Å²) in [7, 11) is 0. The van der Waals surface area contributed by atoms with Crippen molar-refractivity contribution in [2.45, 2.75) is 6.92 Å². The second kappa shape index (κ2) is 3.35. The van der Waals surface area contributed by atoms with Crippen molar-refractivity contribution in [3.63, 3.8) is 0 Å². The standard InChI is InChI=1S/C11H9N3/c1-8-3-2-4-9(5-12)11(8)10-6-13-14-7-10/h2-4,6-7H,1H3,(H,13,14). The van der Waals surface area contributed by atoms with Gasteiger partial charge in [0.05, 0.1) is 17.8 Å². The van der Waals surface area contributed by atoms with Crippen LogP contribution in [0.3, 0.4) is 0 Å². The quantitative estimate of drug-likeness (QED) is 0.737. The van der Waals surface area contributed by atoms with Gasteiger partial charge in [-0.05, 0) is 18.6 Å². The SMILES string of the molecule is Cc1cccc(C#N)c1-c1cn[nH]c1. The molecule has 0 aliphatic rings. The minimum atomic E-state index is 0.686. The Morgan fingerprint density at radius 2 is 2.29 bits per heavy atom. The summed E-state index contributed by atoms with van der Waals surface area (Å²) < 4.78 is 0. The second-order valence-electron chi connectivity index (χ2n) is 3.10. The maximum atomic E-state index is 8.96. The van der Waals surface area contributed by atoms with Crippen LogP contribution in [0.5, 0.6) is 0 Å². The van der Waals surface area contributed by atoms with Gasteiger partial charge in [0.25, 0.3) is 0 Å². The van der Waals surface area contributed by atoms with Gasteiger partial charge in [0.2, 0.25) is 0 Å². The maximum Gasteiger partial charge on any atom is 0.0998 e. The molecule has 2 aromatic rings. The maximum absolute atomic E-state index is 8.96. The fourth-order valence-corrected chi connectivity index (χ4v) is 1.53. The highest BCUT2D eigenvalue weighted by atomic mass is 15.1. The number of benzene rings is 1. The number of hydrogen-bond donors (Lipinski definition) is 1. The molecular weight excluding hydrogens is 174 g/mol. The summed E-state index contributed by atoms with van der Waals surface area (Å²) in [5.74, 6) is 0. The van der Waals surface area contributed by atoms with Crippen LogP contribution in [0.15, 0.2) is 30.6 Å². The van der Waals surface area contributed by atoms with Crippen molar-refractivity contribution in [1.82, 2.24) is 10.2 Å². The summed E-state index contributed by atoms with van der Waals surface area (Å²) >= 11 is 0. The van der Waals surface area contributed by atoms with Gasteiger partial charge < -0.3 is 0 Å². The number of hydrogen-bond acceptors (Lipinski definition) is 2. The van der Waals surface area contributed by atoms with Crippen LogP contribution in [-0.2, 0) is 0 Å². The molecule has 0 aliphatic heterocycles. The van der Waals surface area contributed by atoms with Crippen molar-refractivity contribution in [1.29, 1.82) is 5.26 Å². The minimum Gasteiger partial charge on any atom is -0.285 e. The lowest BCUT2D eigenvalue weighted by Crippen LogP contribution is -1.86. The van der Waals surface area contributed by atoms with E-state index in [2.05, 4.69) is 16.3 Å². The highest BCUT2D eigenvalue weighted by Gasteiger charge is 2.07. The van der Waals surface area contributed by atoms with Crippen LogP contribution in [0.4, 0.5) is 0 Å². The molecule has 68 valence electrons. The van der Waals surface area contributed by atoms with E-state index in [-0.39, 0.29) is 0 Å². The molecule has 3 heteroatoms. The van der Waals surface area contributed by atoms with Gasteiger partial charge in [0, 0.05) is 17.3 Å². The van der Waals surface area contributed by atoms with Crippen molar-refractivity contribution >= 4 is 0 Å². The fourth-order valence-electron chi connectivity index (χ4n) is 1.53. The molecule has 0 radical (unpaired) electrons. The molecule has 0 saturated carbocycles. The summed E-state index contributed by atoms with van der Waals surface area (Å²) in [6.45, 7) is 1.99. The number of nitrogens with zero attached hydrogens (tertiary/aromatic N) is 2. The van der Waals surface area contributed by atoms with Crippen molar-refractivity contribution < 1.29 is 0 Å². The average molecular weight is 183 g/mol. The number of aromatic nitrogens is 2. The first-order valence-corrected chi connectivity index (χ1v) is 4.32. The third kappa shape index (κ3) is 1.27. The van der Waals surface area contributed by atoms with E-state index in [9.17, 15) is 0 Å². The van der Waals surface area contributed by atoms with Crippen LogP contribution in [0.1, 0.15) is 11.1 Å². The van der Waals surface area contributed by atoms with Gasteiger partial charge in [-0.15, -0.1) is 0 Å². The minimum absolute atomic E-state index is 0.686. The molecule has 3 nitrogen and oxygen atoms in total.